The lowest BCUT2D eigenvalue weighted by Crippen LogP contribution is -2.43. The van der Waals surface area contributed by atoms with E-state index in [1.54, 1.807) is 12.1 Å². The van der Waals surface area contributed by atoms with E-state index in [0.29, 0.717) is 18.9 Å². The van der Waals surface area contributed by atoms with E-state index < -0.39 is 15.6 Å². The Morgan fingerprint density at radius 3 is 2.57 bits per heavy atom. The third kappa shape index (κ3) is 4.03. The Hall–Kier alpha value is -0.950. The largest absolute Gasteiger partial charge is 0.386 e. The van der Waals surface area contributed by atoms with Gasteiger partial charge >= 0.3 is 0 Å². The van der Waals surface area contributed by atoms with Crippen LogP contribution in [0.5, 0.6) is 0 Å². The molecule has 1 aliphatic heterocycles. The number of rotatable bonds is 6. The van der Waals surface area contributed by atoms with Crippen LogP contribution in [0.1, 0.15) is 38.2 Å². The summed E-state index contributed by atoms with van der Waals surface area (Å²) < 4.78 is 32.0. The average Bonchev–Trinajstić information content (AvgIpc) is 2.92. The van der Waals surface area contributed by atoms with Gasteiger partial charge in [-0.2, -0.15) is 0 Å². The van der Waals surface area contributed by atoms with Gasteiger partial charge in [0.15, 0.2) is 0 Å². The van der Waals surface area contributed by atoms with Gasteiger partial charge in [-0.05, 0) is 30.0 Å². The molecule has 2 rings (SSSR count). The van der Waals surface area contributed by atoms with E-state index in [9.17, 15) is 13.5 Å². The molecule has 2 atom stereocenters. The Morgan fingerprint density at radius 2 is 2.05 bits per heavy atom. The van der Waals surface area contributed by atoms with Crippen molar-refractivity contribution < 1.29 is 18.3 Å². The fourth-order valence-corrected chi connectivity index (χ4v) is 3.38. The molecule has 1 heterocycles. The SMILES string of the molecule is CCC(C)c1ccc(S(=O)(=O)NCC2(O)CCOC2)cc1. The molecule has 1 saturated heterocycles. The van der Waals surface area contributed by atoms with Crippen molar-refractivity contribution in [3.05, 3.63) is 29.8 Å². The van der Waals surface area contributed by atoms with Gasteiger partial charge in [-0.1, -0.05) is 26.0 Å². The topological polar surface area (TPSA) is 75.6 Å². The summed E-state index contributed by atoms with van der Waals surface area (Å²) in [6.07, 6.45) is 1.46. The second-order valence-electron chi connectivity index (χ2n) is 5.73. The van der Waals surface area contributed by atoms with Crippen LogP contribution in [0.2, 0.25) is 0 Å². The molecule has 0 spiro atoms. The summed E-state index contributed by atoms with van der Waals surface area (Å²) in [5.41, 5.74) is 0.0308. The third-order valence-corrected chi connectivity index (χ3v) is 5.46. The first kappa shape index (κ1) is 16.4. The van der Waals surface area contributed by atoms with E-state index in [-0.39, 0.29) is 18.0 Å². The first-order chi connectivity index (χ1) is 9.86. The Labute approximate surface area is 126 Å². The quantitative estimate of drug-likeness (QED) is 0.837. The van der Waals surface area contributed by atoms with Gasteiger partial charge in [-0.25, -0.2) is 13.1 Å². The molecule has 0 saturated carbocycles. The molecule has 0 bridgehead atoms. The second-order valence-corrected chi connectivity index (χ2v) is 7.50. The lowest BCUT2D eigenvalue weighted by atomic mass is 9.99. The molecule has 118 valence electrons. The minimum atomic E-state index is -3.60. The Bertz CT molecular complexity index is 562. The van der Waals surface area contributed by atoms with Crippen molar-refractivity contribution in [2.24, 2.45) is 0 Å². The van der Waals surface area contributed by atoms with Crippen molar-refractivity contribution in [1.29, 1.82) is 0 Å². The molecule has 0 amide bonds. The maximum absolute atomic E-state index is 12.2. The highest BCUT2D eigenvalue weighted by Gasteiger charge is 2.33. The fraction of sp³-hybridized carbons (Fsp3) is 0.600. The van der Waals surface area contributed by atoms with Crippen molar-refractivity contribution in [3.63, 3.8) is 0 Å². The lowest BCUT2D eigenvalue weighted by Gasteiger charge is -2.20. The Morgan fingerprint density at radius 1 is 1.38 bits per heavy atom. The monoisotopic (exact) mass is 313 g/mol. The highest BCUT2D eigenvalue weighted by atomic mass is 32.2. The van der Waals surface area contributed by atoms with Gasteiger partial charge in [0.2, 0.25) is 10.0 Å². The van der Waals surface area contributed by atoms with Crippen molar-refractivity contribution in [1.82, 2.24) is 4.72 Å². The zero-order chi connectivity index (χ0) is 15.5. The van der Waals surface area contributed by atoms with E-state index >= 15 is 0 Å². The highest BCUT2D eigenvalue weighted by Crippen LogP contribution is 2.21. The van der Waals surface area contributed by atoms with Gasteiger partial charge in [-0.15, -0.1) is 0 Å². The minimum Gasteiger partial charge on any atom is -0.386 e. The van der Waals surface area contributed by atoms with E-state index in [4.69, 9.17) is 4.74 Å². The fourth-order valence-electron chi connectivity index (χ4n) is 2.26. The van der Waals surface area contributed by atoms with Gasteiger partial charge in [0.1, 0.15) is 5.60 Å². The molecule has 2 unspecified atom stereocenters. The van der Waals surface area contributed by atoms with Crippen LogP contribution in [0, 0.1) is 0 Å². The average molecular weight is 313 g/mol. The van der Waals surface area contributed by atoms with Crippen LogP contribution in [-0.4, -0.2) is 38.9 Å². The maximum Gasteiger partial charge on any atom is 0.240 e. The molecule has 1 aliphatic rings. The molecule has 21 heavy (non-hydrogen) atoms. The van der Waals surface area contributed by atoms with Crippen LogP contribution in [0.25, 0.3) is 0 Å². The molecule has 1 aromatic rings. The standard InChI is InChI=1S/C15H23NO4S/c1-3-12(2)13-4-6-14(7-5-13)21(18,19)16-10-15(17)8-9-20-11-15/h4-7,12,16-17H,3,8-11H2,1-2H3. The number of hydrogen-bond donors (Lipinski definition) is 2. The molecule has 1 aromatic carbocycles. The normalized spacial score (nSPS) is 24.1. The summed E-state index contributed by atoms with van der Waals surface area (Å²) in [7, 11) is -3.60. The summed E-state index contributed by atoms with van der Waals surface area (Å²) in [6, 6.07) is 6.91. The number of aliphatic hydroxyl groups is 1. The van der Waals surface area contributed by atoms with Crippen LogP contribution < -0.4 is 4.72 Å². The smallest absolute Gasteiger partial charge is 0.240 e. The number of nitrogens with one attached hydrogen (secondary N) is 1. The van der Waals surface area contributed by atoms with Gasteiger partial charge in [0.25, 0.3) is 0 Å². The van der Waals surface area contributed by atoms with E-state index in [1.165, 1.54) is 0 Å². The van der Waals surface area contributed by atoms with Gasteiger partial charge in [0, 0.05) is 19.6 Å². The predicted octanol–water partition coefficient (Wildman–Crippen LogP) is 1.63. The number of benzene rings is 1. The number of ether oxygens (including phenoxy) is 1. The maximum atomic E-state index is 12.2. The predicted molar refractivity (Wildman–Crippen MR) is 80.7 cm³/mol. The highest BCUT2D eigenvalue weighted by molar-refractivity contribution is 7.89. The zero-order valence-corrected chi connectivity index (χ0v) is 13.3. The zero-order valence-electron chi connectivity index (χ0n) is 12.5. The van der Waals surface area contributed by atoms with Crippen LogP contribution in [-0.2, 0) is 14.8 Å². The molecular formula is C15H23NO4S. The summed E-state index contributed by atoms with van der Waals surface area (Å²) in [6.45, 7) is 4.81. The first-order valence-corrected chi connectivity index (χ1v) is 8.74. The third-order valence-electron chi connectivity index (χ3n) is 4.05. The van der Waals surface area contributed by atoms with E-state index in [2.05, 4.69) is 18.6 Å². The Kier molecular flexibility index (Phi) is 5.03. The molecule has 2 N–H and O–H groups in total. The molecule has 6 heteroatoms. The summed E-state index contributed by atoms with van der Waals surface area (Å²) in [5, 5.41) is 10.1. The van der Waals surface area contributed by atoms with Gasteiger partial charge < -0.3 is 9.84 Å². The van der Waals surface area contributed by atoms with Gasteiger partial charge in [0.05, 0.1) is 11.5 Å². The lowest BCUT2D eigenvalue weighted by molar-refractivity contribution is 0.0314. The Balaban J connectivity index is 2.05. The van der Waals surface area contributed by atoms with E-state index in [1.807, 2.05) is 12.1 Å². The number of sulfonamides is 1. The van der Waals surface area contributed by atoms with Crippen molar-refractivity contribution in [2.45, 2.75) is 43.1 Å². The van der Waals surface area contributed by atoms with Crippen LogP contribution in [0.3, 0.4) is 0 Å². The number of hydrogen-bond acceptors (Lipinski definition) is 4. The van der Waals surface area contributed by atoms with Crippen molar-refractivity contribution in [2.75, 3.05) is 19.8 Å². The molecule has 5 nitrogen and oxygen atoms in total. The molecule has 0 aliphatic carbocycles. The molecule has 1 fully saturated rings. The molecule has 0 radical (unpaired) electrons. The second kappa shape index (κ2) is 6.44. The van der Waals surface area contributed by atoms with Crippen molar-refractivity contribution in [3.8, 4) is 0 Å². The molecule has 0 aromatic heterocycles. The summed E-state index contributed by atoms with van der Waals surface area (Å²) in [4.78, 5) is 0.220. The van der Waals surface area contributed by atoms with Crippen LogP contribution in [0.15, 0.2) is 29.2 Å². The minimum absolute atomic E-state index is 0.0253. The van der Waals surface area contributed by atoms with Gasteiger partial charge in [-0.3, -0.25) is 0 Å². The summed E-state index contributed by atoms with van der Waals surface area (Å²) in [5.74, 6) is 0.408. The molecular weight excluding hydrogens is 290 g/mol. The van der Waals surface area contributed by atoms with Crippen LogP contribution >= 0.6 is 0 Å². The summed E-state index contributed by atoms with van der Waals surface area (Å²) >= 11 is 0. The van der Waals surface area contributed by atoms with Crippen LogP contribution in [0.4, 0.5) is 0 Å². The first-order valence-electron chi connectivity index (χ1n) is 7.26. The van der Waals surface area contributed by atoms with E-state index in [0.717, 1.165) is 12.0 Å². The van der Waals surface area contributed by atoms with Crippen molar-refractivity contribution >= 4 is 10.0 Å².